The minimum atomic E-state index is -0.404. The number of fused-ring (bicyclic) bond motifs is 1. The lowest BCUT2D eigenvalue weighted by atomic mass is 10.1. The summed E-state index contributed by atoms with van der Waals surface area (Å²) >= 11 is 0. The lowest BCUT2D eigenvalue weighted by Crippen LogP contribution is -2.35. The Hall–Kier alpha value is -1.64. The predicted octanol–water partition coefficient (Wildman–Crippen LogP) is 2.19. The van der Waals surface area contributed by atoms with Gasteiger partial charge < -0.3 is 4.90 Å². The van der Waals surface area contributed by atoms with Gasteiger partial charge in [0.05, 0.1) is 11.3 Å². The van der Waals surface area contributed by atoms with Crippen molar-refractivity contribution in [2.75, 3.05) is 4.90 Å². The van der Waals surface area contributed by atoms with E-state index in [1.165, 1.54) is 0 Å². The molecule has 0 radical (unpaired) electrons. The second-order valence-electron chi connectivity index (χ2n) is 4.30. The van der Waals surface area contributed by atoms with Crippen molar-refractivity contribution in [2.24, 2.45) is 0 Å². The van der Waals surface area contributed by atoms with E-state index in [4.69, 9.17) is 0 Å². The monoisotopic (exact) mass is 217 g/mol. The zero-order chi connectivity index (χ0) is 11.9. The molecule has 1 amide bonds. The normalized spacial score (nSPS) is 14.9. The van der Waals surface area contributed by atoms with Crippen molar-refractivity contribution in [2.45, 2.75) is 33.2 Å². The first-order chi connectivity index (χ1) is 7.56. The number of aryl methyl sites for hydroxylation is 1. The van der Waals surface area contributed by atoms with Crippen molar-refractivity contribution in [1.82, 2.24) is 0 Å². The number of Topliss-reactive ketones (excluding diaryl/α,β-unsaturated/α-hetero) is 1. The lowest BCUT2D eigenvalue weighted by Gasteiger charge is -2.21. The lowest BCUT2D eigenvalue weighted by molar-refractivity contribution is -0.114. The van der Waals surface area contributed by atoms with Crippen molar-refractivity contribution in [3.05, 3.63) is 29.3 Å². The summed E-state index contributed by atoms with van der Waals surface area (Å²) in [4.78, 5) is 25.1. The molecule has 84 valence electrons. The van der Waals surface area contributed by atoms with Crippen LogP contribution in [0.3, 0.4) is 0 Å². The van der Waals surface area contributed by atoms with E-state index in [0.717, 1.165) is 17.7 Å². The van der Waals surface area contributed by atoms with E-state index in [9.17, 15) is 9.59 Å². The van der Waals surface area contributed by atoms with Gasteiger partial charge in [-0.3, -0.25) is 9.59 Å². The average Bonchev–Trinajstić information content (AvgIpc) is 2.51. The summed E-state index contributed by atoms with van der Waals surface area (Å²) in [5.74, 6) is -0.787. The van der Waals surface area contributed by atoms with Gasteiger partial charge in [-0.25, -0.2) is 0 Å². The summed E-state index contributed by atoms with van der Waals surface area (Å²) in [6.07, 6.45) is 0.904. The first-order valence-electron chi connectivity index (χ1n) is 5.57. The smallest absolute Gasteiger partial charge is 0.299 e. The van der Waals surface area contributed by atoms with Gasteiger partial charge in [-0.2, -0.15) is 0 Å². The minimum Gasteiger partial charge on any atom is -0.302 e. The van der Waals surface area contributed by atoms with Gasteiger partial charge in [0.15, 0.2) is 0 Å². The van der Waals surface area contributed by atoms with E-state index >= 15 is 0 Å². The molecule has 1 heterocycles. The highest BCUT2D eigenvalue weighted by Gasteiger charge is 2.37. The number of hydrogen-bond acceptors (Lipinski definition) is 2. The molecule has 1 aromatic rings. The Balaban J connectivity index is 2.57. The van der Waals surface area contributed by atoms with Crippen LogP contribution >= 0.6 is 0 Å². The Morgan fingerprint density at radius 2 is 1.94 bits per heavy atom. The number of ketones is 1. The maximum Gasteiger partial charge on any atom is 0.299 e. The van der Waals surface area contributed by atoms with Crippen LogP contribution in [0.15, 0.2) is 18.2 Å². The van der Waals surface area contributed by atoms with Crippen molar-refractivity contribution in [1.29, 1.82) is 0 Å². The molecule has 3 heteroatoms. The standard InChI is InChI=1S/C13H15NO2/c1-4-9-5-6-10-11(7-9)14(8(2)3)13(16)12(10)15/h5-8H,4H2,1-3H3. The number of anilines is 1. The molecule has 0 saturated heterocycles. The van der Waals surface area contributed by atoms with Crippen molar-refractivity contribution in [3.63, 3.8) is 0 Å². The molecule has 0 N–H and O–H groups in total. The zero-order valence-electron chi connectivity index (χ0n) is 9.78. The fourth-order valence-corrected chi connectivity index (χ4v) is 2.04. The second kappa shape index (κ2) is 3.74. The van der Waals surface area contributed by atoms with Crippen molar-refractivity contribution >= 4 is 17.4 Å². The summed E-state index contributed by atoms with van der Waals surface area (Å²) in [6, 6.07) is 5.63. The van der Waals surface area contributed by atoms with Crippen LogP contribution in [0.5, 0.6) is 0 Å². The van der Waals surface area contributed by atoms with E-state index < -0.39 is 5.91 Å². The Morgan fingerprint density at radius 3 is 2.50 bits per heavy atom. The molecular formula is C13H15NO2. The molecule has 2 rings (SSSR count). The van der Waals surface area contributed by atoms with Crippen LogP contribution in [0.2, 0.25) is 0 Å². The SMILES string of the molecule is CCc1ccc2c(c1)N(C(C)C)C(=O)C2=O. The molecule has 0 spiro atoms. The third-order valence-corrected chi connectivity index (χ3v) is 2.90. The Morgan fingerprint density at radius 1 is 1.25 bits per heavy atom. The van der Waals surface area contributed by atoms with Gasteiger partial charge in [0.2, 0.25) is 0 Å². The molecule has 0 saturated carbocycles. The predicted molar refractivity (Wildman–Crippen MR) is 62.8 cm³/mol. The van der Waals surface area contributed by atoms with Gasteiger partial charge >= 0.3 is 0 Å². The highest BCUT2D eigenvalue weighted by molar-refractivity contribution is 6.52. The van der Waals surface area contributed by atoms with E-state index in [1.807, 2.05) is 26.0 Å². The van der Waals surface area contributed by atoms with E-state index in [2.05, 4.69) is 6.92 Å². The van der Waals surface area contributed by atoms with Crippen LogP contribution < -0.4 is 4.90 Å². The molecule has 3 nitrogen and oxygen atoms in total. The van der Waals surface area contributed by atoms with Crippen molar-refractivity contribution < 1.29 is 9.59 Å². The fraction of sp³-hybridized carbons (Fsp3) is 0.385. The van der Waals surface area contributed by atoms with E-state index in [0.29, 0.717) is 5.56 Å². The topological polar surface area (TPSA) is 37.4 Å². The van der Waals surface area contributed by atoms with Gasteiger partial charge in [0.1, 0.15) is 0 Å². The van der Waals surface area contributed by atoms with Crippen LogP contribution in [0, 0.1) is 0 Å². The van der Waals surface area contributed by atoms with E-state index in [-0.39, 0.29) is 11.8 Å². The first-order valence-corrected chi connectivity index (χ1v) is 5.57. The second-order valence-corrected chi connectivity index (χ2v) is 4.30. The third-order valence-electron chi connectivity index (χ3n) is 2.90. The fourth-order valence-electron chi connectivity index (χ4n) is 2.04. The number of amides is 1. The Bertz CT molecular complexity index is 463. The summed E-state index contributed by atoms with van der Waals surface area (Å²) < 4.78 is 0. The number of carbonyl (C=O) groups excluding carboxylic acids is 2. The molecule has 1 aliphatic heterocycles. The highest BCUT2D eigenvalue weighted by Crippen LogP contribution is 2.31. The Labute approximate surface area is 95.1 Å². The minimum absolute atomic E-state index is 0.0183. The van der Waals surface area contributed by atoms with E-state index in [1.54, 1.807) is 11.0 Å². The molecule has 0 atom stereocenters. The average molecular weight is 217 g/mol. The molecule has 0 aliphatic carbocycles. The van der Waals surface area contributed by atoms with Crippen LogP contribution in [-0.4, -0.2) is 17.7 Å². The van der Waals surface area contributed by atoms with Crippen LogP contribution in [0.1, 0.15) is 36.7 Å². The Kier molecular flexibility index (Phi) is 2.54. The quantitative estimate of drug-likeness (QED) is 0.712. The number of benzene rings is 1. The number of rotatable bonds is 2. The van der Waals surface area contributed by atoms with Crippen molar-refractivity contribution in [3.8, 4) is 0 Å². The molecule has 0 bridgehead atoms. The summed E-state index contributed by atoms with van der Waals surface area (Å²) in [6.45, 7) is 5.89. The molecule has 0 unspecified atom stereocenters. The molecule has 16 heavy (non-hydrogen) atoms. The molecule has 1 aromatic carbocycles. The van der Waals surface area contributed by atoms with Gasteiger partial charge in [-0.15, -0.1) is 0 Å². The van der Waals surface area contributed by atoms with Crippen LogP contribution in [-0.2, 0) is 11.2 Å². The summed E-state index contributed by atoms with van der Waals surface area (Å²) in [5, 5.41) is 0. The molecule has 1 aliphatic rings. The summed E-state index contributed by atoms with van der Waals surface area (Å²) in [5.41, 5.74) is 2.45. The van der Waals surface area contributed by atoms with Gasteiger partial charge in [0, 0.05) is 6.04 Å². The van der Waals surface area contributed by atoms with Crippen LogP contribution in [0.25, 0.3) is 0 Å². The number of nitrogens with zero attached hydrogens (tertiary/aromatic N) is 1. The van der Waals surface area contributed by atoms with Gasteiger partial charge in [-0.1, -0.05) is 13.0 Å². The molecular weight excluding hydrogens is 202 g/mol. The summed E-state index contributed by atoms with van der Waals surface area (Å²) in [7, 11) is 0. The highest BCUT2D eigenvalue weighted by atomic mass is 16.2. The first kappa shape index (κ1) is 10.9. The number of hydrogen-bond donors (Lipinski definition) is 0. The maximum absolute atomic E-state index is 11.8. The van der Waals surface area contributed by atoms with Gasteiger partial charge in [0.25, 0.3) is 11.7 Å². The maximum atomic E-state index is 11.8. The zero-order valence-corrected chi connectivity index (χ0v) is 9.78. The molecule has 0 aromatic heterocycles. The largest absolute Gasteiger partial charge is 0.302 e. The van der Waals surface area contributed by atoms with Crippen LogP contribution in [0.4, 0.5) is 5.69 Å². The number of carbonyl (C=O) groups is 2. The van der Waals surface area contributed by atoms with Gasteiger partial charge in [-0.05, 0) is 38.0 Å². The third kappa shape index (κ3) is 1.43. The molecule has 0 fully saturated rings.